The van der Waals surface area contributed by atoms with Crippen LogP contribution in [0.3, 0.4) is 0 Å². The molecule has 1 rings (SSSR count). The van der Waals surface area contributed by atoms with Gasteiger partial charge in [-0.15, -0.1) is 0 Å². The third-order valence-electron chi connectivity index (χ3n) is 4.99. The van der Waals surface area contributed by atoms with E-state index in [1.807, 2.05) is 58.1 Å². The summed E-state index contributed by atoms with van der Waals surface area (Å²) in [4.78, 5) is 16.7. The fourth-order valence-corrected chi connectivity index (χ4v) is 3.57. The Kier molecular flexibility index (Phi) is 10.2. The monoisotopic (exact) mass is 385 g/mol. The molecule has 5 heteroatoms. The highest BCUT2D eigenvalue weighted by Gasteiger charge is 2.31. The first kappa shape index (κ1) is 23.6. The minimum Gasteiger partial charge on any atom is -0.462 e. The number of nitrogens with two attached hydrogens (primary N) is 1. The van der Waals surface area contributed by atoms with Gasteiger partial charge in [-0.3, -0.25) is 4.79 Å². The largest absolute Gasteiger partial charge is 0.462 e. The van der Waals surface area contributed by atoms with Crippen molar-refractivity contribution < 1.29 is 9.53 Å². The van der Waals surface area contributed by atoms with Crippen LogP contribution in [0, 0.1) is 23.2 Å². The van der Waals surface area contributed by atoms with Crippen LogP contribution >= 0.6 is 0 Å². The van der Waals surface area contributed by atoms with Crippen molar-refractivity contribution in [2.24, 2.45) is 28.5 Å². The Morgan fingerprint density at radius 3 is 2.68 bits per heavy atom. The van der Waals surface area contributed by atoms with Gasteiger partial charge in [0.15, 0.2) is 5.78 Å². The zero-order valence-corrected chi connectivity index (χ0v) is 17.6. The van der Waals surface area contributed by atoms with Gasteiger partial charge in [-0.05, 0) is 50.3 Å². The molecule has 0 saturated heterocycles. The number of aliphatic imine (C=N–C) groups is 1. The lowest BCUT2D eigenvalue weighted by atomic mass is 9.74. The van der Waals surface area contributed by atoms with E-state index in [4.69, 9.17) is 15.9 Å². The Labute approximate surface area is 169 Å². The van der Waals surface area contributed by atoms with E-state index in [0.717, 1.165) is 6.42 Å². The molecule has 28 heavy (non-hydrogen) atoms. The molecule has 5 atom stereocenters. The maximum absolute atomic E-state index is 12.3. The van der Waals surface area contributed by atoms with Crippen molar-refractivity contribution in [3.8, 4) is 0 Å². The molecule has 3 N–H and O–H groups in total. The molecule has 154 valence electrons. The Hall–Kier alpha value is -2.43. The summed E-state index contributed by atoms with van der Waals surface area (Å²) in [7, 11) is 0. The summed E-state index contributed by atoms with van der Waals surface area (Å²) in [6.07, 6.45) is 15.1. The molecule has 0 aromatic carbocycles. The quantitative estimate of drug-likeness (QED) is 0.235. The Morgan fingerprint density at radius 2 is 2.14 bits per heavy atom. The standard InChI is InChI=1S/C23H35N3O2/c1-6-11-19(22(16(3)15-24)18(5)21(27)7-2)14-17(4)28-23(25)26-20-12-9-8-10-13-20/h6,8-12,15-17,19-20,22,24H,5,7,13-14H2,1-4H3,(H2,25,26). The summed E-state index contributed by atoms with van der Waals surface area (Å²) < 4.78 is 5.82. The zero-order valence-electron chi connectivity index (χ0n) is 17.6. The van der Waals surface area contributed by atoms with E-state index in [9.17, 15) is 4.79 Å². The van der Waals surface area contributed by atoms with Crippen LogP contribution < -0.4 is 5.73 Å². The molecule has 1 aliphatic carbocycles. The summed E-state index contributed by atoms with van der Waals surface area (Å²) in [6.45, 7) is 11.7. The predicted molar refractivity (Wildman–Crippen MR) is 118 cm³/mol. The molecule has 5 unspecified atom stereocenters. The van der Waals surface area contributed by atoms with Crippen molar-refractivity contribution in [3.05, 3.63) is 48.6 Å². The number of allylic oxidation sites excluding steroid dienone is 5. The summed E-state index contributed by atoms with van der Waals surface area (Å²) in [5.74, 6) is -0.178. The minimum atomic E-state index is -0.182. The highest BCUT2D eigenvalue weighted by molar-refractivity contribution is 5.95. The molecule has 0 aromatic rings. The third kappa shape index (κ3) is 7.29. The van der Waals surface area contributed by atoms with Gasteiger partial charge >= 0.3 is 0 Å². The maximum atomic E-state index is 12.3. The molecule has 0 spiro atoms. The molecule has 1 aliphatic rings. The number of nitrogens with zero attached hydrogens (tertiary/aromatic N) is 1. The number of carbonyl (C=O) groups is 1. The minimum absolute atomic E-state index is 0.0103. The lowest BCUT2D eigenvalue weighted by Crippen LogP contribution is -2.31. The predicted octanol–water partition coefficient (Wildman–Crippen LogP) is 4.61. The second-order valence-corrected chi connectivity index (χ2v) is 7.29. The first-order valence-corrected chi connectivity index (χ1v) is 10.0. The maximum Gasteiger partial charge on any atom is 0.282 e. The van der Waals surface area contributed by atoms with Crippen molar-refractivity contribution in [3.63, 3.8) is 0 Å². The van der Waals surface area contributed by atoms with Gasteiger partial charge in [0.1, 0.15) is 0 Å². The second-order valence-electron chi connectivity index (χ2n) is 7.29. The summed E-state index contributed by atoms with van der Waals surface area (Å²) in [6, 6.07) is 0.188. The highest BCUT2D eigenvalue weighted by atomic mass is 16.5. The van der Waals surface area contributed by atoms with Gasteiger partial charge in [0.05, 0.1) is 12.1 Å². The van der Waals surface area contributed by atoms with Crippen molar-refractivity contribution in [1.29, 1.82) is 5.41 Å². The molecule has 0 saturated carbocycles. The lowest BCUT2D eigenvalue weighted by molar-refractivity contribution is -0.116. The Bertz CT molecular complexity index is 661. The van der Waals surface area contributed by atoms with E-state index in [1.165, 1.54) is 6.21 Å². The molecule has 0 amide bonds. The van der Waals surface area contributed by atoms with Gasteiger partial charge in [-0.2, -0.15) is 0 Å². The van der Waals surface area contributed by atoms with E-state index in [0.29, 0.717) is 18.4 Å². The molecule has 0 heterocycles. The van der Waals surface area contributed by atoms with Crippen LogP contribution in [0.2, 0.25) is 0 Å². The average Bonchev–Trinajstić information content (AvgIpc) is 2.67. The molecule has 0 aliphatic heterocycles. The van der Waals surface area contributed by atoms with Gasteiger partial charge in [-0.25, -0.2) is 4.99 Å². The van der Waals surface area contributed by atoms with Crippen molar-refractivity contribution >= 4 is 18.0 Å². The van der Waals surface area contributed by atoms with Gasteiger partial charge in [0.2, 0.25) is 0 Å². The van der Waals surface area contributed by atoms with Crippen molar-refractivity contribution in [2.45, 2.75) is 59.1 Å². The van der Waals surface area contributed by atoms with E-state index in [2.05, 4.69) is 17.6 Å². The molecule has 0 aromatic heterocycles. The van der Waals surface area contributed by atoms with Crippen LogP contribution in [0.15, 0.2) is 53.6 Å². The number of carbonyl (C=O) groups excluding carboxylic acids is 1. The fraction of sp³-hybridized carbons (Fsp3) is 0.522. The average molecular weight is 386 g/mol. The summed E-state index contributed by atoms with van der Waals surface area (Å²) >= 11 is 0. The number of amidine groups is 1. The number of nitrogens with one attached hydrogen (secondary N) is 1. The fourth-order valence-electron chi connectivity index (χ4n) is 3.57. The number of rotatable bonds is 11. The van der Waals surface area contributed by atoms with E-state index in [-0.39, 0.29) is 41.7 Å². The van der Waals surface area contributed by atoms with Crippen LogP contribution in [0.5, 0.6) is 0 Å². The highest BCUT2D eigenvalue weighted by Crippen LogP contribution is 2.33. The number of hydrogen-bond donors (Lipinski definition) is 2. The number of ether oxygens (including phenoxy) is 1. The van der Waals surface area contributed by atoms with E-state index < -0.39 is 0 Å². The number of ketones is 1. The molecule has 0 radical (unpaired) electrons. The molecule has 0 bridgehead atoms. The van der Waals surface area contributed by atoms with Crippen molar-refractivity contribution in [1.82, 2.24) is 0 Å². The Balaban J connectivity index is 2.89. The van der Waals surface area contributed by atoms with Gasteiger partial charge in [-0.1, -0.05) is 56.9 Å². The van der Waals surface area contributed by atoms with Gasteiger partial charge in [0.25, 0.3) is 6.02 Å². The normalized spacial score (nSPS) is 21.1. The van der Waals surface area contributed by atoms with Crippen molar-refractivity contribution in [2.75, 3.05) is 0 Å². The van der Waals surface area contributed by atoms with Crippen LogP contribution in [0.25, 0.3) is 0 Å². The smallest absolute Gasteiger partial charge is 0.282 e. The molecule has 5 nitrogen and oxygen atoms in total. The van der Waals surface area contributed by atoms with Crippen LogP contribution in [0.4, 0.5) is 0 Å². The number of Topliss-reactive ketones (excluding diaryl/α,β-unsaturated/α-hetero) is 1. The van der Waals surface area contributed by atoms with Gasteiger partial charge < -0.3 is 15.9 Å². The van der Waals surface area contributed by atoms with E-state index >= 15 is 0 Å². The molecular formula is C23H35N3O2. The summed E-state index contributed by atoms with van der Waals surface area (Å²) in [5, 5.41) is 7.71. The lowest BCUT2D eigenvalue weighted by Gasteiger charge is -2.31. The second kappa shape index (κ2) is 12.1. The molecule has 0 fully saturated rings. The number of hydrogen-bond acceptors (Lipinski definition) is 4. The summed E-state index contributed by atoms with van der Waals surface area (Å²) in [5.41, 5.74) is 6.57. The third-order valence-corrected chi connectivity index (χ3v) is 4.99. The van der Waals surface area contributed by atoms with Crippen LogP contribution in [0.1, 0.15) is 47.0 Å². The SMILES string of the molecule is C=C(C(=O)CC)C(C(C)C=N)C(C=CC)CC(C)OC(N)=NC1C=CC=CC1. The van der Waals surface area contributed by atoms with E-state index in [1.54, 1.807) is 0 Å². The molecular weight excluding hydrogens is 350 g/mol. The zero-order chi connectivity index (χ0) is 21.1. The first-order chi connectivity index (χ1) is 13.3. The topological polar surface area (TPSA) is 88.5 Å². The first-order valence-electron chi connectivity index (χ1n) is 10.0. The van der Waals surface area contributed by atoms with Crippen LogP contribution in [-0.4, -0.2) is 30.2 Å². The van der Waals surface area contributed by atoms with Gasteiger partial charge in [0, 0.05) is 12.3 Å². The van der Waals surface area contributed by atoms with Crippen LogP contribution in [-0.2, 0) is 9.53 Å². The Morgan fingerprint density at radius 1 is 1.43 bits per heavy atom.